The smallest absolute Gasteiger partial charge is 0.100 e. The highest BCUT2D eigenvalue weighted by atomic mass is 15.1. The quantitative estimate of drug-likeness (QED) is 0.517. The van der Waals surface area contributed by atoms with Gasteiger partial charge in [0.05, 0.1) is 11.1 Å². The summed E-state index contributed by atoms with van der Waals surface area (Å²) in [4.78, 5) is 0. The summed E-state index contributed by atoms with van der Waals surface area (Å²) in [6.07, 6.45) is 1.99. The Morgan fingerprint density at radius 3 is 2.43 bits per heavy atom. The van der Waals surface area contributed by atoms with Gasteiger partial charge < -0.3 is 0 Å². The maximum absolute atomic E-state index is 4.61. The molecule has 112 valence electrons. The fourth-order valence-electron chi connectivity index (χ4n) is 3.29. The molecule has 0 amide bonds. The monoisotopic (exact) mass is 298 g/mol. The lowest BCUT2D eigenvalue weighted by atomic mass is 9.78. The molecule has 0 fully saturated rings. The second kappa shape index (κ2) is 5.10. The maximum Gasteiger partial charge on any atom is 0.100 e. The van der Waals surface area contributed by atoms with Crippen molar-refractivity contribution in [2.24, 2.45) is 0 Å². The van der Waals surface area contributed by atoms with Crippen LogP contribution in [0.25, 0.3) is 21.7 Å². The second-order valence-corrected chi connectivity index (χ2v) is 6.05. The standard InChI is InChI=1S/C21H18N2/c1-3-21(2,16-10-5-4-6-11-16)20-18-14-13-15-9-7-8-12-17(15)19(18)22-23-20/h3-14H,1H2,2H3,(H,22,23)/t21-/m1/s1. The fraction of sp³-hybridized carbons (Fsp3) is 0.0952. The summed E-state index contributed by atoms with van der Waals surface area (Å²) in [6, 6.07) is 23.1. The van der Waals surface area contributed by atoms with Crippen LogP contribution in [0.5, 0.6) is 0 Å². The molecule has 2 heteroatoms. The van der Waals surface area contributed by atoms with Gasteiger partial charge in [-0.1, -0.05) is 72.8 Å². The number of hydrogen-bond donors (Lipinski definition) is 1. The van der Waals surface area contributed by atoms with Crippen LogP contribution in [0.1, 0.15) is 18.2 Å². The Bertz CT molecular complexity index is 998. The van der Waals surface area contributed by atoms with Gasteiger partial charge >= 0.3 is 0 Å². The molecule has 4 rings (SSSR count). The third-order valence-corrected chi connectivity index (χ3v) is 4.75. The van der Waals surface area contributed by atoms with Gasteiger partial charge in [0.2, 0.25) is 0 Å². The highest BCUT2D eigenvalue weighted by molar-refractivity contribution is 6.06. The van der Waals surface area contributed by atoms with Gasteiger partial charge in [-0.3, -0.25) is 5.10 Å². The van der Waals surface area contributed by atoms with E-state index in [1.165, 1.54) is 16.3 Å². The van der Waals surface area contributed by atoms with E-state index in [1.807, 2.05) is 12.1 Å². The molecule has 0 saturated heterocycles. The van der Waals surface area contributed by atoms with E-state index in [2.05, 4.69) is 84.4 Å². The molecule has 0 aliphatic rings. The van der Waals surface area contributed by atoms with Gasteiger partial charge in [0.25, 0.3) is 0 Å². The summed E-state index contributed by atoms with van der Waals surface area (Å²) in [5.41, 5.74) is 2.99. The SMILES string of the molecule is C=C[C@](C)(c1ccccc1)c1[nH]nc2c1ccc1ccccc12. The van der Waals surface area contributed by atoms with E-state index in [9.17, 15) is 0 Å². The molecule has 0 bridgehead atoms. The number of aromatic nitrogens is 2. The Kier molecular flexibility index (Phi) is 3.05. The highest BCUT2D eigenvalue weighted by Crippen LogP contribution is 2.37. The van der Waals surface area contributed by atoms with Crippen molar-refractivity contribution in [3.63, 3.8) is 0 Å². The van der Waals surface area contributed by atoms with Crippen molar-refractivity contribution in [1.29, 1.82) is 0 Å². The van der Waals surface area contributed by atoms with E-state index in [0.717, 1.165) is 16.6 Å². The first-order valence-corrected chi connectivity index (χ1v) is 7.79. The number of H-pyrrole nitrogens is 1. The average molecular weight is 298 g/mol. The van der Waals surface area contributed by atoms with Gasteiger partial charge in [0.1, 0.15) is 5.52 Å². The molecule has 2 nitrogen and oxygen atoms in total. The number of nitrogens with zero attached hydrogens (tertiary/aromatic N) is 1. The predicted molar refractivity (Wildman–Crippen MR) is 96.7 cm³/mol. The Morgan fingerprint density at radius 1 is 0.913 bits per heavy atom. The van der Waals surface area contributed by atoms with E-state index in [0.29, 0.717) is 0 Å². The molecule has 1 atom stereocenters. The van der Waals surface area contributed by atoms with Crippen molar-refractivity contribution in [2.75, 3.05) is 0 Å². The maximum atomic E-state index is 4.61. The van der Waals surface area contributed by atoms with Crippen molar-refractivity contribution in [2.45, 2.75) is 12.3 Å². The molecule has 1 N–H and O–H groups in total. The van der Waals surface area contributed by atoms with E-state index >= 15 is 0 Å². The number of benzene rings is 3. The molecule has 0 saturated carbocycles. The highest BCUT2D eigenvalue weighted by Gasteiger charge is 2.29. The molecular formula is C21H18N2. The summed E-state index contributed by atoms with van der Waals surface area (Å²) in [7, 11) is 0. The molecule has 1 heterocycles. The largest absolute Gasteiger partial charge is 0.280 e. The molecular weight excluding hydrogens is 280 g/mol. The minimum absolute atomic E-state index is 0.307. The first-order chi connectivity index (χ1) is 11.2. The number of rotatable bonds is 3. The van der Waals surface area contributed by atoms with Gasteiger partial charge in [0.15, 0.2) is 0 Å². The summed E-state index contributed by atoms with van der Waals surface area (Å²) in [6.45, 7) is 6.26. The van der Waals surface area contributed by atoms with Crippen molar-refractivity contribution >= 4 is 21.7 Å². The molecule has 4 aromatic rings. The van der Waals surface area contributed by atoms with Crippen LogP contribution in [-0.4, -0.2) is 10.2 Å². The fourth-order valence-corrected chi connectivity index (χ4v) is 3.29. The third-order valence-electron chi connectivity index (χ3n) is 4.75. The van der Waals surface area contributed by atoms with Crippen LogP contribution in [0, 0.1) is 0 Å². The molecule has 0 unspecified atom stereocenters. The van der Waals surface area contributed by atoms with Crippen molar-refractivity contribution < 1.29 is 0 Å². The first kappa shape index (κ1) is 13.8. The summed E-state index contributed by atoms with van der Waals surface area (Å²) in [5, 5.41) is 11.4. The van der Waals surface area contributed by atoms with E-state index in [4.69, 9.17) is 0 Å². The van der Waals surface area contributed by atoms with Crippen LogP contribution in [0.4, 0.5) is 0 Å². The lowest BCUT2D eigenvalue weighted by Gasteiger charge is -2.25. The average Bonchev–Trinajstić information content (AvgIpc) is 3.07. The summed E-state index contributed by atoms with van der Waals surface area (Å²) < 4.78 is 0. The molecule has 23 heavy (non-hydrogen) atoms. The van der Waals surface area contributed by atoms with Crippen LogP contribution in [0.2, 0.25) is 0 Å². The zero-order chi connectivity index (χ0) is 15.9. The van der Waals surface area contributed by atoms with Gasteiger partial charge in [-0.25, -0.2) is 0 Å². The molecule has 3 aromatic carbocycles. The lowest BCUT2D eigenvalue weighted by molar-refractivity contribution is 0.696. The Labute approximate surface area is 135 Å². The molecule has 0 aliphatic carbocycles. The Hall–Kier alpha value is -2.87. The van der Waals surface area contributed by atoms with Crippen molar-refractivity contribution in [3.8, 4) is 0 Å². The number of nitrogens with one attached hydrogen (secondary N) is 1. The second-order valence-electron chi connectivity index (χ2n) is 6.05. The lowest BCUT2D eigenvalue weighted by Crippen LogP contribution is -2.21. The molecule has 0 aliphatic heterocycles. The number of aromatic amines is 1. The molecule has 0 radical (unpaired) electrons. The first-order valence-electron chi connectivity index (χ1n) is 7.79. The van der Waals surface area contributed by atoms with Gasteiger partial charge in [-0.15, -0.1) is 6.58 Å². The van der Waals surface area contributed by atoms with E-state index in [-0.39, 0.29) is 5.41 Å². The van der Waals surface area contributed by atoms with Gasteiger partial charge in [-0.2, -0.15) is 5.10 Å². The van der Waals surface area contributed by atoms with Crippen LogP contribution in [0.3, 0.4) is 0 Å². The summed E-state index contributed by atoms with van der Waals surface area (Å²) >= 11 is 0. The zero-order valence-electron chi connectivity index (χ0n) is 13.1. The number of allylic oxidation sites excluding steroid dienone is 1. The Morgan fingerprint density at radius 2 is 1.65 bits per heavy atom. The van der Waals surface area contributed by atoms with Gasteiger partial charge in [0, 0.05) is 10.8 Å². The normalized spacial score (nSPS) is 14.0. The third kappa shape index (κ3) is 1.99. The number of hydrogen-bond acceptors (Lipinski definition) is 1. The Balaban J connectivity index is 2.02. The van der Waals surface area contributed by atoms with E-state index < -0.39 is 0 Å². The topological polar surface area (TPSA) is 28.7 Å². The zero-order valence-corrected chi connectivity index (χ0v) is 13.1. The van der Waals surface area contributed by atoms with Crippen LogP contribution >= 0.6 is 0 Å². The minimum Gasteiger partial charge on any atom is -0.280 e. The van der Waals surface area contributed by atoms with E-state index in [1.54, 1.807) is 0 Å². The van der Waals surface area contributed by atoms with Gasteiger partial charge in [-0.05, 0) is 17.9 Å². The summed E-state index contributed by atoms with van der Waals surface area (Å²) in [5.74, 6) is 0. The minimum atomic E-state index is -0.307. The van der Waals surface area contributed by atoms with Crippen molar-refractivity contribution in [3.05, 3.63) is 90.6 Å². The predicted octanol–water partition coefficient (Wildman–Crippen LogP) is 5.21. The van der Waals surface area contributed by atoms with Crippen molar-refractivity contribution in [1.82, 2.24) is 10.2 Å². The van der Waals surface area contributed by atoms with Crippen LogP contribution in [-0.2, 0) is 5.41 Å². The molecule has 1 aromatic heterocycles. The van der Waals surface area contributed by atoms with Crippen LogP contribution < -0.4 is 0 Å². The number of fused-ring (bicyclic) bond motifs is 3. The van der Waals surface area contributed by atoms with Crippen LogP contribution in [0.15, 0.2) is 79.4 Å². The molecule has 0 spiro atoms.